The third-order valence-electron chi connectivity index (χ3n) is 10.7. The molecule has 2 aromatic carbocycles. The summed E-state index contributed by atoms with van der Waals surface area (Å²) in [6.07, 6.45) is 7.53. The van der Waals surface area contributed by atoms with Crippen LogP contribution in [0.15, 0.2) is 60.8 Å². The minimum Gasteiger partial charge on any atom is -0.491 e. The van der Waals surface area contributed by atoms with Gasteiger partial charge in [0.25, 0.3) is 5.91 Å². The summed E-state index contributed by atoms with van der Waals surface area (Å²) < 4.78 is 45.4. The molecule has 1 unspecified atom stereocenters. The predicted octanol–water partition coefficient (Wildman–Crippen LogP) is 5.26. The van der Waals surface area contributed by atoms with Crippen LogP contribution in [0, 0.1) is 0 Å². The number of aromatic nitrogens is 2. The summed E-state index contributed by atoms with van der Waals surface area (Å²) in [6, 6.07) is 17.6. The molecule has 0 saturated heterocycles. The van der Waals surface area contributed by atoms with E-state index in [1.165, 1.54) is 36.2 Å². The molecule has 0 radical (unpaired) electrons. The summed E-state index contributed by atoms with van der Waals surface area (Å²) in [5.41, 5.74) is 5.48. The standard InChI is InChI=1S/C38H48N6O5S/c1-4-43-20-18-41(2)30-24-44-34-22-28(38(45)40-50(46,47)42(3)19-21-43)13-15-32(34)36(27-10-6-5-7-11-27)37(44)33-16-14-31(23-35(33)49-26-30)48-25-29-12-8-9-17-39-29/h8-9,12-17,22-23,27,30H,4-7,10-11,18-21,24-26H2,1-3H3,(H,40,45). The molecule has 7 rings (SSSR count). The topological polar surface area (TPSA) is 109 Å². The largest absolute Gasteiger partial charge is 0.491 e. The summed E-state index contributed by atoms with van der Waals surface area (Å²) in [6.45, 7) is 6.71. The van der Waals surface area contributed by atoms with Crippen LogP contribution in [0.2, 0.25) is 0 Å². The first kappa shape index (κ1) is 34.5. The molecule has 1 aliphatic carbocycles. The number of rotatable bonds is 5. The number of fused-ring (bicyclic) bond motifs is 4. The van der Waals surface area contributed by atoms with E-state index in [4.69, 9.17) is 9.47 Å². The highest BCUT2D eigenvalue weighted by atomic mass is 32.2. The number of pyridine rings is 1. The van der Waals surface area contributed by atoms with Crippen molar-refractivity contribution in [1.82, 2.24) is 28.4 Å². The maximum Gasteiger partial charge on any atom is 0.303 e. The van der Waals surface area contributed by atoms with Crippen molar-refractivity contribution in [2.75, 3.05) is 53.4 Å². The van der Waals surface area contributed by atoms with Crippen molar-refractivity contribution in [3.63, 3.8) is 0 Å². The molecule has 4 aromatic rings. The maximum absolute atomic E-state index is 13.6. The highest BCUT2D eigenvalue weighted by Gasteiger charge is 2.33. The number of carbonyl (C=O) groups excluding carboxylic acids is 1. The van der Waals surface area contributed by atoms with Gasteiger partial charge < -0.3 is 18.9 Å². The second kappa shape index (κ2) is 14.7. The van der Waals surface area contributed by atoms with Crippen molar-refractivity contribution in [1.29, 1.82) is 0 Å². The minimum absolute atomic E-state index is 0.0296. The normalized spacial score (nSPS) is 21.3. The van der Waals surface area contributed by atoms with Gasteiger partial charge >= 0.3 is 10.2 Å². The molecule has 1 atom stereocenters. The van der Waals surface area contributed by atoms with Crippen molar-refractivity contribution < 1.29 is 22.7 Å². The van der Waals surface area contributed by atoms with E-state index in [0.29, 0.717) is 43.5 Å². The molecule has 2 aliphatic heterocycles. The highest BCUT2D eigenvalue weighted by molar-refractivity contribution is 7.87. The molecular weight excluding hydrogens is 653 g/mol. The fraction of sp³-hybridized carbons (Fsp3) is 0.474. The Balaban J connectivity index is 1.39. The molecule has 50 heavy (non-hydrogen) atoms. The summed E-state index contributed by atoms with van der Waals surface area (Å²) in [5.74, 6) is 1.19. The average molecular weight is 701 g/mol. The van der Waals surface area contributed by atoms with Gasteiger partial charge in [-0.05, 0) is 74.3 Å². The van der Waals surface area contributed by atoms with E-state index in [9.17, 15) is 13.2 Å². The number of carbonyl (C=O) groups is 1. The highest BCUT2D eigenvalue weighted by Crippen LogP contribution is 2.48. The van der Waals surface area contributed by atoms with Crippen LogP contribution in [0.5, 0.6) is 11.5 Å². The summed E-state index contributed by atoms with van der Waals surface area (Å²) in [4.78, 5) is 22.6. The molecular formula is C38H48N6O5S. The van der Waals surface area contributed by atoms with E-state index in [0.717, 1.165) is 66.1 Å². The van der Waals surface area contributed by atoms with Crippen LogP contribution in [-0.2, 0) is 23.4 Å². The third kappa shape index (κ3) is 7.12. The Labute approximate surface area is 295 Å². The Kier molecular flexibility index (Phi) is 10.1. The van der Waals surface area contributed by atoms with Crippen LogP contribution in [0.25, 0.3) is 22.2 Å². The quantitative estimate of drug-likeness (QED) is 0.300. The second-order valence-corrected chi connectivity index (χ2v) is 15.6. The van der Waals surface area contributed by atoms with Gasteiger partial charge in [0, 0.05) is 74.1 Å². The first-order chi connectivity index (χ1) is 24.2. The fourth-order valence-corrected chi connectivity index (χ4v) is 8.46. The van der Waals surface area contributed by atoms with Gasteiger partial charge in [0.1, 0.15) is 24.7 Å². The summed E-state index contributed by atoms with van der Waals surface area (Å²) >= 11 is 0. The smallest absolute Gasteiger partial charge is 0.303 e. The van der Waals surface area contributed by atoms with E-state index in [1.807, 2.05) is 42.5 Å². The van der Waals surface area contributed by atoms with Gasteiger partial charge in [0.05, 0.1) is 17.4 Å². The van der Waals surface area contributed by atoms with Crippen molar-refractivity contribution >= 4 is 27.0 Å². The van der Waals surface area contributed by atoms with E-state index in [2.05, 4.69) is 44.1 Å². The number of likely N-dealkylation sites (N-methyl/N-ethyl adjacent to an activating group) is 3. The number of ether oxygens (including phenoxy) is 2. The molecule has 1 amide bonds. The van der Waals surface area contributed by atoms with Gasteiger partial charge in [0.15, 0.2) is 0 Å². The SMILES string of the molecule is CCN1CCN(C)C2COc3cc(OCc4ccccn4)ccc3-c3c(C4CCCCC4)c4ccc(cc4n3C2)C(=O)NS(=O)(=O)N(C)CC1. The van der Waals surface area contributed by atoms with Crippen LogP contribution in [0.1, 0.15) is 66.6 Å². The van der Waals surface area contributed by atoms with Gasteiger partial charge in [-0.2, -0.15) is 12.7 Å². The Morgan fingerprint density at radius 2 is 1.80 bits per heavy atom. The Hall–Kier alpha value is -3.97. The molecule has 266 valence electrons. The molecule has 4 bridgehead atoms. The summed E-state index contributed by atoms with van der Waals surface area (Å²) in [5, 5.41) is 1.10. The van der Waals surface area contributed by atoms with Crippen LogP contribution in [-0.4, -0.2) is 97.4 Å². The molecule has 2 aromatic heterocycles. The zero-order valence-electron chi connectivity index (χ0n) is 29.3. The number of nitrogens with zero attached hydrogens (tertiary/aromatic N) is 5. The lowest BCUT2D eigenvalue weighted by molar-refractivity contribution is 0.0978. The van der Waals surface area contributed by atoms with Crippen LogP contribution < -0.4 is 14.2 Å². The van der Waals surface area contributed by atoms with E-state index >= 15 is 0 Å². The van der Waals surface area contributed by atoms with Gasteiger partial charge in [-0.15, -0.1) is 0 Å². The van der Waals surface area contributed by atoms with E-state index < -0.39 is 16.1 Å². The molecule has 1 saturated carbocycles. The number of hydrogen-bond acceptors (Lipinski definition) is 8. The van der Waals surface area contributed by atoms with Crippen LogP contribution >= 0.6 is 0 Å². The van der Waals surface area contributed by atoms with Crippen molar-refractivity contribution in [3.8, 4) is 22.8 Å². The molecule has 0 spiro atoms. The second-order valence-electron chi connectivity index (χ2n) is 13.8. The Morgan fingerprint density at radius 1 is 0.980 bits per heavy atom. The first-order valence-electron chi connectivity index (χ1n) is 17.9. The zero-order valence-corrected chi connectivity index (χ0v) is 30.1. The lowest BCUT2D eigenvalue weighted by Crippen LogP contribution is -2.47. The van der Waals surface area contributed by atoms with Gasteiger partial charge in [-0.1, -0.05) is 38.3 Å². The van der Waals surface area contributed by atoms with Crippen LogP contribution in [0.3, 0.4) is 0 Å². The monoisotopic (exact) mass is 700 g/mol. The predicted molar refractivity (Wildman–Crippen MR) is 195 cm³/mol. The fourth-order valence-electron chi connectivity index (χ4n) is 7.63. The van der Waals surface area contributed by atoms with Gasteiger partial charge in [-0.25, -0.2) is 4.72 Å². The lowest BCUT2D eigenvalue weighted by Gasteiger charge is -2.34. The van der Waals surface area contributed by atoms with Crippen molar-refractivity contribution in [2.24, 2.45) is 0 Å². The maximum atomic E-state index is 13.6. The van der Waals surface area contributed by atoms with E-state index in [-0.39, 0.29) is 12.6 Å². The Bertz CT molecular complexity index is 1940. The molecule has 4 heterocycles. The Morgan fingerprint density at radius 3 is 2.58 bits per heavy atom. The number of nitrogens with one attached hydrogen (secondary N) is 1. The average Bonchev–Trinajstić information content (AvgIpc) is 3.43. The molecule has 12 heteroatoms. The number of hydrogen-bond donors (Lipinski definition) is 1. The van der Waals surface area contributed by atoms with E-state index in [1.54, 1.807) is 12.3 Å². The van der Waals surface area contributed by atoms with Crippen molar-refractivity contribution in [2.45, 2.75) is 64.1 Å². The third-order valence-corrected chi connectivity index (χ3v) is 12.2. The van der Waals surface area contributed by atoms with Gasteiger partial charge in [-0.3, -0.25) is 14.7 Å². The summed E-state index contributed by atoms with van der Waals surface area (Å²) in [7, 11) is -0.373. The minimum atomic E-state index is -4.03. The molecule has 1 N–H and O–H groups in total. The molecule has 11 nitrogen and oxygen atoms in total. The first-order valence-corrected chi connectivity index (χ1v) is 19.3. The molecule has 1 fully saturated rings. The zero-order chi connectivity index (χ0) is 34.8. The van der Waals surface area contributed by atoms with Crippen molar-refractivity contribution in [3.05, 3.63) is 77.6 Å². The number of amides is 1. The van der Waals surface area contributed by atoms with Crippen LogP contribution in [0.4, 0.5) is 0 Å². The van der Waals surface area contributed by atoms with Gasteiger partial charge in [0.2, 0.25) is 0 Å². The molecule has 3 aliphatic rings. The number of benzene rings is 2. The lowest BCUT2D eigenvalue weighted by atomic mass is 9.81.